The van der Waals surface area contributed by atoms with Crippen molar-refractivity contribution in [1.29, 1.82) is 0 Å². The average Bonchev–Trinajstić information content (AvgIpc) is 3.10. The van der Waals surface area contributed by atoms with Crippen LogP contribution in [0.4, 0.5) is 5.13 Å². The van der Waals surface area contributed by atoms with Crippen LogP contribution in [0.25, 0.3) is 11.3 Å². The van der Waals surface area contributed by atoms with Crippen molar-refractivity contribution in [2.24, 2.45) is 11.8 Å². The first-order valence-corrected chi connectivity index (χ1v) is 9.93. The number of thiazole rings is 1. The fourth-order valence-electron chi connectivity index (χ4n) is 3.44. The summed E-state index contributed by atoms with van der Waals surface area (Å²) in [7, 11) is 0. The van der Waals surface area contributed by atoms with Gasteiger partial charge in [0, 0.05) is 10.9 Å². The Labute approximate surface area is 157 Å². The summed E-state index contributed by atoms with van der Waals surface area (Å²) in [6.07, 6.45) is 2.96. The molecule has 0 spiro atoms. The third kappa shape index (κ3) is 4.12. The SMILES string of the molecule is CC(C)c1ccc(-c2csc(NC(=O)C3CCCCC3C(=O)O)n2)cc1. The van der Waals surface area contributed by atoms with Gasteiger partial charge in [-0.05, 0) is 24.3 Å². The Morgan fingerprint density at radius 1 is 1.15 bits per heavy atom. The predicted octanol–water partition coefficient (Wildman–Crippen LogP) is 4.76. The minimum atomic E-state index is -0.880. The van der Waals surface area contributed by atoms with Crippen LogP contribution in [0.15, 0.2) is 29.6 Å². The van der Waals surface area contributed by atoms with Crippen LogP contribution in [0.3, 0.4) is 0 Å². The van der Waals surface area contributed by atoms with Gasteiger partial charge in [-0.15, -0.1) is 11.3 Å². The molecule has 1 aliphatic rings. The number of carboxylic acids is 1. The summed E-state index contributed by atoms with van der Waals surface area (Å²) in [5.74, 6) is -1.69. The smallest absolute Gasteiger partial charge is 0.307 e. The first-order valence-electron chi connectivity index (χ1n) is 9.05. The van der Waals surface area contributed by atoms with Gasteiger partial charge in [0.15, 0.2) is 5.13 Å². The van der Waals surface area contributed by atoms with E-state index in [9.17, 15) is 14.7 Å². The summed E-state index contributed by atoms with van der Waals surface area (Å²) in [6.45, 7) is 4.31. The molecule has 5 nitrogen and oxygen atoms in total. The molecule has 3 rings (SSSR count). The molecule has 1 saturated carbocycles. The average molecular weight is 372 g/mol. The molecule has 2 unspecified atom stereocenters. The van der Waals surface area contributed by atoms with Crippen molar-refractivity contribution in [2.45, 2.75) is 45.4 Å². The lowest BCUT2D eigenvalue weighted by atomic mass is 9.79. The Bertz CT molecular complexity index is 783. The summed E-state index contributed by atoms with van der Waals surface area (Å²) in [5, 5.41) is 14.6. The summed E-state index contributed by atoms with van der Waals surface area (Å²) in [5.41, 5.74) is 3.10. The molecule has 1 aromatic heterocycles. The molecule has 138 valence electrons. The molecule has 1 heterocycles. The van der Waals surface area contributed by atoms with Crippen molar-refractivity contribution in [3.05, 3.63) is 35.2 Å². The molecule has 1 aromatic carbocycles. The lowest BCUT2D eigenvalue weighted by Crippen LogP contribution is -2.36. The highest BCUT2D eigenvalue weighted by molar-refractivity contribution is 7.14. The van der Waals surface area contributed by atoms with Gasteiger partial charge in [0.25, 0.3) is 0 Å². The van der Waals surface area contributed by atoms with Crippen molar-refractivity contribution < 1.29 is 14.7 Å². The Balaban J connectivity index is 1.69. The highest BCUT2D eigenvalue weighted by Crippen LogP contribution is 2.32. The zero-order valence-electron chi connectivity index (χ0n) is 15.1. The summed E-state index contributed by atoms with van der Waals surface area (Å²) in [4.78, 5) is 28.4. The maximum Gasteiger partial charge on any atom is 0.307 e. The van der Waals surface area contributed by atoms with Gasteiger partial charge in [-0.1, -0.05) is 51.0 Å². The van der Waals surface area contributed by atoms with Crippen LogP contribution in [0, 0.1) is 11.8 Å². The zero-order valence-corrected chi connectivity index (χ0v) is 15.9. The second-order valence-electron chi connectivity index (χ2n) is 7.14. The van der Waals surface area contributed by atoms with Gasteiger partial charge in [-0.3, -0.25) is 9.59 Å². The predicted molar refractivity (Wildman–Crippen MR) is 103 cm³/mol. The first kappa shape index (κ1) is 18.6. The number of aromatic nitrogens is 1. The number of benzene rings is 1. The fourth-order valence-corrected chi connectivity index (χ4v) is 4.16. The van der Waals surface area contributed by atoms with E-state index in [1.165, 1.54) is 16.9 Å². The van der Waals surface area contributed by atoms with Crippen LogP contribution < -0.4 is 5.32 Å². The number of carbonyl (C=O) groups excluding carboxylic acids is 1. The van der Waals surface area contributed by atoms with Gasteiger partial charge in [-0.2, -0.15) is 0 Å². The number of aliphatic carboxylic acids is 1. The summed E-state index contributed by atoms with van der Waals surface area (Å²) < 4.78 is 0. The van der Waals surface area contributed by atoms with E-state index >= 15 is 0 Å². The highest BCUT2D eigenvalue weighted by atomic mass is 32.1. The lowest BCUT2D eigenvalue weighted by Gasteiger charge is -2.26. The minimum Gasteiger partial charge on any atom is -0.481 e. The number of hydrogen-bond acceptors (Lipinski definition) is 4. The van der Waals surface area contributed by atoms with Crippen molar-refractivity contribution in [3.63, 3.8) is 0 Å². The number of nitrogens with zero attached hydrogens (tertiary/aromatic N) is 1. The molecular weight excluding hydrogens is 348 g/mol. The van der Waals surface area contributed by atoms with Crippen LogP contribution in [-0.2, 0) is 9.59 Å². The molecule has 0 aliphatic heterocycles. The van der Waals surface area contributed by atoms with Gasteiger partial charge in [0.05, 0.1) is 17.5 Å². The van der Waals surface area contributed by atoms with Crippen LogP contribution in [0.5, 0.6) is 0 Å². The normalized spacial score (nSPS) is 20.1. The highest BCUT2D eigenvalue weighted by Gasteiger charge is 2.35. The van der Waals surface area contributed by atoms with Gasteiger partial charge in [0.1, 0.15) is 0 Å². The molecule has 2 atom stereocenters. The number of anilines is 1. The van der Waals surface area contributed by atoms with E-state index in [4.69, 9.17) is 0 Å². The second kappa shape index (κ2) is 7.99. The number of rotatable bonds is 5. The summed E-state index contributed by atoms with van der Waals surface area (Å²) in [6, 6.07) is 8.27. The Morgan fingerprint density at radius 2 is 1.81 bits per heavy atom. The zero-order chi connectivity index (χ0) is 18.7. The number of amides is 1. The van der Waals surface area contributed by atoms with Gasteiger partial charge in [0.2, 0.25) is 5.91 Å². The Hall–Kier alpha value is -2.21. The molecular formula is C20H24N2O3S. The Morgan fingerprint density at radius 3 is 2.42 bits per heavy atom. The monoisotopic (exact) mass is 372 g/mol. The minimum absolute atomic E-state index is 0.229. The van der Waals surface area contributed by atoms with E-state index in [0.29, 0.717) is 23.9 Å². The standard InChI is InChI=1S/C20H24N2O3S/c1-12(2)13-7-9-14(10-8-13)17-11-26-20(21-17)22-18(23)15-5-3-4-6-16(15)19(24)25/h7-12,15-16H,3-6H2,1-2H3,(H,24,25)(H,21,22,23). The van der Waals surface area contributed by atoms with Gasteiger partial charge < -0.3 is 10.4 Å². The number of carbonyl (C=O) groups is 2. The molecule has 1 aliphatic carbocycles. The molecule has 0 radical (unpaired) electrons. The molecule has 1 amide bonds. The van der Waals surface area contributed by atoms with E-state index in [0.717, 1.165) is 24.1 Å². The third-order valence-electron chi connectivity index (χ3n) is 5.03. The van der Waals surface area contributed by atoms with E-state index in [-0.39, 0.29) is 5.91 Å². The molecule has 0 bridgehead atoms. The second-order valence-corrected chi connectivity index (χ2v) is 8.00. The van der Waals surface area contributed by atoms with E-state index in [1.807, 2.05) is 17.5 Å². The molecule has 6 heteroatoms. The van der Waals surface area contributed by atoms with Crippen LogP contribution >= 0.6 is 11.3 Å². The number of nitrogens with one attached hydrogen (secondary N) is 1. The Kier molecular flexibility index (Phi) is 5.71. The molecule has 2 aromatic rings. The summed E-state index contributed by atoms with van der Waals surface area (Å²) >= 11 is 1.37. The first-order chi connectivity index (χ1) is 12.5. The van der Waals surface area contributed by atoms with Crippen LogP contribution in [0.1, 0.15) is 51.0 Å². The lowest BCUT2D eigenvalue weighted by molar-refractivity contribution is -0.147. The molecule has 1 fully saturated rings. The molecule has 0 saturated heterocycles. The van der Waals surface area contributed by atoms with Crippen LogP contribution in [-0.4, -0.2) is 22.0 Å². The number of hydrogen-bond donors (Lipinski definition) is 2. The molecule has 26 heavy (non-hydrogen) atoms. The van der Waals surface area contributed by atoms with E-state index in [1.54, 1.807) is 0 Å². The fraction of sp³-hybridized carbons (Fsp3) is 0.450. The topological polar surface area (TPSA) is 79.3 Å². The number of carboxylic acid groups (broad SMARTS) is 1. The van der Waals surface area contributed by atoms with Crippen molar-refractivity contribution >= 4 is 28.3 Å². The maximum absolute atomic E-state index is 12.5. The van der Waals surface area contributed by atoms with Crippen molar-refractivity contribution in [3.8, 4) is 11.3 Å². The quantitative estimate of drug-likeness (QED) is 0.793. The maximum atomic E-state index is 12.5. The van der Waals surface area contributed by atoms with Crippen molar-refractivity contribution in [2.75, 3.05) is 5.32 Å². The van der Waals surface area contributed by atoms with Crippen LogP contribution in [0.2, 0.25) is 0 Å². The largest absolute Gasteiger partial charge is 0.481 e. The van der Waals surface area contributed by atoms with E-state index < -0.39 is 17.8 Å². The van der Waals surface area contributed by atoms with Crippen molar-refractivity contribution in [1.82, 2.24) is 4.98 Å². The van der Waals surface area contributed by atoms with E-state index in [2.05, 4.69) is 36.3 Å². The van der Waals surface area contributed by atoms with Gasteiger partial charge in [-0.25, -0.2) is 4.98 Å². The van der Waals surface area contributed by atoms with Gasteiger partial charge >= 0.3 is 5.97 Å². The molecule has 2 N–H and O–H groups in total. The third-order valence-corrected chi connectivity index (χ3v) is 5.79.